The maximum atomic E-state index is 12.1. The number of carbonyl (C=O) groups excluding carboxylic acids is 1. The molecule has 1 atom stereocenters. The van der Waals surface area contributed by atoms with Crippen molar-refractivity contribution in [3.8, 4) is 23.0 Å². The highest BCUT2D eigenvalue weighted by molar-refractivity contribution is 5.81. The van der Waals surface area contributed by atoms with Gasteiger partial charge in [-0.1, -0.05) is 12.1 Å². The number of fused-ring (bicyclic) bond motifs is 1. The minimum absolute atomic E-state index is 0.197. The van der Waals surface area contributed by atoms with E-state index < -0.39 is 6.10 Å². The van der Waals surface area contributed by atoms with Crippen LogP contribution in [-0.2, 0) is 4.79 Å². The second kappa shape index (κ2) is 7.59. The summed E-state index contributed by atoms with van der Waals surface area (Å²) in [6.07, 6.45) is -0.652. The maximum Gasteiger partial charge on any atom is 0.264 e. The van der Waals surface area contributed by atoms with Gasteiger partial charge in [0.1, 0.15) is 24.7 Å². The first-order valence-electron chi connectivity index (χ1n) is 7.69. The van der Waals surface area contributed by atoms with E-state index in [1.54, 1.807) is 13.2 Å². The van der Waals surface area contributed by atoms with Gasteiger partial charge >= 0.3 is 0 Å². The molecule has 1 aliphatic rings. The van der Waals surface area contributed by atoms with E-state index in [4.69, 9.17) is 18.9 Å². The first-order valence-corrected chi connectivity index (χ1v) is 7.69. The van der Waals surface area contributed by atoms with Gasteiger partial charge in [0.05, 0.1) is 13.7 Å². The number of para-hydroxylation sites is 2. The summed E-state index contributed by atoms with van der Waals surface area (Å²) in [5, 5.41) is 2.78. The van der Waals surface area contributed by atoms with Gasteiger partial charge in [-0.15, -0.1) is 0 Å². The molecule has 1 heterocycles. The Morgan fingerprint density at radius 3 is 2.58 bits per heavy atom. The Kier molecular flexibility index (Phi) is 5.05. The Hall–Kier alpha value is -2.89. The van der Waals surface area contributed by atoms with Crippen molar-refractivity contribution in [1.29, 1.82) is 0 Å². The quantitative estimate of drug-likeness (QED) is 0.822. The molecule has 2 aromatic rings. The lowest BCUT2D eigenvalue weighted by Crippen LogP contribution is -2.45. The summed E-state index contributed by atoms with van der Waals surface area (Å²) < 4.78 is 21.8. The zero-order valence-corrected chi connectivity index (χ0v) is 13.4. The highest BCUT2D eigenvalue weighted by Gasteiger charge is 2.26. The van der Waals surface area contributed by atoms with Crippen LogP contribution in [0.25, 0.3) is 0 Å². The molecule has 1 N–H and O–H groups in total. The number of carbonyl (C=O) groups is 1. The lowest BCUT2D eigenvalue weighted by atomic mass is 10.2. The van der Waals surface area contributed by atoms with E-state index >= 15 is 0 Å². The lowest BCUT2D eigenvalue weighted by molar-refractivity contribution is -0.130. The Balaban J connectivity index is 1.41. The third-order valence-corrected chi connectivity index (χ3v) is 3.53. The third kappa shape index (κ3) is 3.90. The average molecular weight is 329 g/mol. The standard InChI is InChI=1S/C18H19NO5/c1-21-13-6-8-14(9-7-13)22-11-10-19-18(20)17-12-23-15-4-2-3-5-16(15)24-17/h2-9,17H,10-12H2,1H3,(H,19,20). The number of nitrogens with one attached hydrogen (secondary N) is 1. The lowest BCUT2D eigenvalue weighted by Gasteiger charge is -2.25. The first kappa shape index (κ1) is 16.0. The van der Waals surface area contributed by atoms with E-state index in [0.29, 0.717) is 24.7 Å². The monoisotopic (exact) mass is 329 g/mol. The van der Waals surface area contributed by atoms with E-state index in [9.17, 15) is 4.79 Å². The largest absolute Gasteiger partial charge is 0.497 e. The molecular formula is C18H19NO5. The zero-order valence-electron chi connectivity index (χ0n) is 13.4. The average Bonchev–Trinajstić information content (AvgIpc) is 2.65. The van der Waals surface area contributed by atoms with Crippen LogP contribution in [0.2, 0.25) is 0 Å². The predicted molar refractivity (Wildman–Crippen MR) is 87.9 cm³/mol. The molecule has 0 aliphatic carbocycles. The van der Waals surface area contributed by atoms with E-state index in [0.717, 1.165) is 11.5 Å². The molecule has 24 heavy (non-hydrogen) atoms. The molecule has 3 rings (SSSR count). The second-order valence-electron chi connectivity index (χ2n) is 5.18. The fourth-order valence-corrected chi connectivity index (χ4v) is 2.28. The molecule has 0 aromatic heterocycles. The Morgan fingerprint density at radius 1 is 1.12 bits per heavy atom. The van der Waals surface area contributed by atoms with Crippen molar-refractivity contribution in [1.82, 2.24) is 5.32 Å². The van der Waals surface area contributed by atoms with Crippen LogP contribution in [0.3, 0.4) is 0 Å². The third-order valence-electron chi connectivity index (χ3n) is 3.53. The van der Waals surface area contributed by atoms with Crippen LogP contribution < -0.4 is 24.3 Å². The number of benzene rings is 2. The molecule has 2 aromatic carbocycles. The normalized spacial score (nSPS) is 15.5. The zero-order chi connectivity index (χ0) is 16.8. The van der Waals surface area contributed by atoms with Gasteiger partial charge in [0, 0.05) is 0 Å². The van der Waals surface area contributed by atoms with Gasteiger partial charge in [-0.05, 0) is 36.4 Å². The van der Waals surface area contributed by atoms with Crippen LogP contribution in [0.1, 0.15) is 0 Å². The van der Waals surface area contributed by atoms with Crippen molar-refractivity contribution in [3.05, 3.63) is 48.5 Å². The van der Waals surface area contributed by atoms with Crippen molar-refractivity contribution in [2.45, 2.75) is 6.10 Å². The summed E-state index contributed by atoms with van der Waals surface area (Å²) in [7, 11) is 1.61. The van der Waals surface area contributed by atoms with Crippen LogP contribution in [0.15, 0.2) is 48.5 Å². The summed E-state index contributed by atoms with van der Waals surface area (Å²) in [4.78, 5) is 12.1. The molecule has 1 unspecified atom stereocenters. The van der Waals surface area contributed by atoms with Crippen LogP contribution in [0.5, 0.6) is 23.0 Å². The Labute approximate surface area is 140 Å². The smallest absolute Gasteiger partial charge is 0.264 e. The van der Waals surface area contributed by atoms with Gasteiger partial charge in [0.2, 0.25) is 6.10 Å². The Bertz CT molecular complexity index is 686. The van der Waals surface area contributed by atoms with Gasteiger partial charge < -0.3 is 24.3 Å². The predicted octanol–water partition coefficient (Wildman–Crippen LogP) is 2.03. The molecule has 1 aliphatic heterocycles. The topological polar surface area (TPSA) is 66.0 Å². The molecule has 0 saturated heterocycles. The molecular weight excluding hydrogens is 310 g/mol. The van der Waals surface area contributed by atoms with Crippen LogP contribution in [0, 0.1) is 0 Å². The molecule has 6 heteroatoms. The van der Waals surface area contributed by atoms with Crippen molar-refractivity contribution >= 4 is 5.91 Å². The second-order valence-corrected chi connectivity index (χ2v) is 5.18. The van der Waals surface area contributed by atoms with Crippen LogP contribution >= 0.6 is 0 Å². The molecule has 126 valence electrons. The first-order chi connectivity index (χ1) is 11.8. The van der Waals surface area contributed by atoms with Gasteiger partial charge in [-0.25, -0.2) is 0 Å². The van der Waals surface area contributed by atoms with Crippen molar-refractivity contribution < 1.29 is 23.7 Å². The fourth-order valence-electron chi connectivity index (χ4n) is 2.28. The number of amides is 1. The highest BCUT2D eigenvalue weighted by Crippen LogP contribution is 2.30. The summed E-state index contributed by atoms with van der Waals surface area (Å²) in [5.74, 6) is 2.51. The molecule has 0 saturated carbocycles. The number of hydrogen-bond acceptors (Lipinski definition) is 5. The summed E-state index contributed by atoms with van der Waals surface area (Å²) >= 11 is 0. The highest BCUT2D eigenvalue weighted by atomic mass is 16.6. The summed E-state index contributed by atoms with van der Waals surface area (Å²) in [5.41, 5.74) is 0. The molecule has 0 bridgehead atoms. The molecule has 0 radical (unpaired) electrons. The number of ether oxygens (including phenoxy) is 4. The van der Waals surface area contributed by atoms with Gasteiger partial charge in [0.25, 0.3) is 5.91 Å². The van der Waals surface area contributed by atoms with E-state index in [-0.39, 0.29) is 12.5 Å². The van der Waals surface area contributed by atoms with Gasteiger partial charge in [-0.2, -0.15) is 0 Å². The summed E-state index contributed by atoms with van der Waals surface area (Å²) in [6, 6.07) is 14.6. The van der Waals surface area contributed by atoms with E-state index in [1.165, 1.54) is 0 Å². The van der Waals surface area contributed by atoms with Crippen LogP contribution in [0.4, 0.5) is 0 Å². The minimum Gasteiger partial charge on any atom is -0.497 e. The number of hydrogen-bond donors (Lipinski definition) is 1. The SMILES string of the molecule is COc1ccc(OCCNC(=O)C2COc3ccccc3O2)cc1. The van der Waals surface area contributed by atoms with Crippen molar-refractivity contribution in [3.63, 3.8) is 0 Å². The molecule has 6 nitrogen and oxygen atoms in total. The number of rotatable bonds is 6. The molecule has 0 spiro atoms. The molecule has 1 amide bonds. The van der Waals surface area contributed by atoms with Gasteiger partial charge in [-0.3, -0.25) is 4.79 Å². The number of methoxy groups -OCH3 is 1. The van der Waals surface area contributed by atoms with Gasteiger partial charge in [0.15, 0.2) is 11.5 Å². The van der Waals surface area contributed by atoms with Crippen LogP contribution in [-0.4, -0.2) is 38.9 Å². The fraction of sp³-hybridized carbons (Fsp3) is 0.278. The van der Waals surface area contributed by atoms with E-state index in [1.807, 2.05) is 42.5 Å². The minimum atomic E-state index is -0.652. The molecule has 0 fully saturated rings. The van der Waals surface area contributed by atoms with Crippen molar-refractivity contribution in [2.75, 3.05) is 26.9 Å². The maximum absolute atomic E-state index is 12.1. The summed E-state index contributed by atoms with van der Waals surface area (Å²) in [6.45, 7) is 0.941. The van der Waals surface area contributed by atoms with Crippen molar-refractivity contribution in [2.24, 2.45) is 0 Å². The van der Waals surface area contributed by atoms with E-state index in [2.05, 4.69) is 5.32 Å². The Morgan fingerprint density at radius 2 is 1.83 bits per heavy atom.